The summed E-state index contributed by atoms with van der Waals surface area (Å²) < 4.78 is 11.0. The molecule has 0 saturated heterocycles. The van der Waals surface area contributed by atoms with E-state index in [-0.39, 0.29) is 17.2 Å². The van der Waals surface area contributed by atoms with Crippen LogP contribution in [0.5, 0.6) is 0 Å². The summed E-state index contributed by atoms with van der Waals surface area (Å²) in [7, 11) is 2.51. The van der Waals surface area contributed by atoms with Gasteiger partial charge >= 0.3 is 11.9 Å². The van der Waals surface area contributed by atoms with Gasteiger partial charge in [0.15, 0.2) is 5.78 Å². The Kier molecular flexibility index (Phi) is 5.27. The van der Waals surface area contributed by atoms with Crippen molar-refractivity contribution in [2.45, 2.75) is 6.04 Å². The fourth-order valence-corrected chi connectivity index (χ4v) is 3.36. The molecule has 10 nitrogen and oxygen atoms in total. The van der Waals surface area contributed by atoms with E-state index in [1.54, 1.807) is 54.6 Å². The second kappa shape index (κ2) is 8.19. The molecule has 1 aromatic heterocycles. The second-order valence-electron chi connectivity index (χ2n) is 6.56. The van der Waals surface area contributed by atoms with E-state index >= 15 is 0 Å². The highest BCUT2D eigenvalue weighted by Crippen LogP contribution is 2.36. The third-order valence-electron chi connectivity index (χ3n) is 4.83. The molecule has 0 aliphatic carbocycles. The van der Waals surface area contributed by atoms with Crippen molar-refractivity contribution in [3.63, 3.8) is 0 Å². The van der Waals surface area contributed by atoms with Crippen molar-refractivity contribution in [2.75, 3.05) is 19.5 Å². The van der Waals surface area contributed by atoms with Crippen LogP contribution in [0.2, 0.25) is 0 Å². The Morgan fingerprint density at radius 2 is 1.58 bits per heavy atom. The van der Waals surface area contributed by atoms with Crippen molar-refractivity contribution in [1.82, 2.24) is 20.2 Å². The van der Waals surface area contributed by atoms with Crippen molar-refractivity contribution in [2.24, 2.45) is 0 Å². The van der Waals surface area contributed by atoms with Crippen molar-refractivity contribution >= 4 is 23.7 Å². The number of anilines is 1. The van der Waals surface area contributed by atoms with Gasteiger partial charge < -0.3 is 14.8 Å². The zero-order chi connectivity index (χ0) is 22.0. The number of ether oxygens (including phenoxy) is 2. The van der Waals surface area contributed by atoms with Crippen LogP contribution in [0, 0.1) is 0 Å². The first-order chi connectivity index (χ1) is 15.0. The Morgan fingerprint density at radius 1 is 0.903 bits per heavy atom. The number of methoxy groups -OCH3 is 2. The van der Waals surface area contributed by atoms with Gasteiger partial charge in [0, 0.05) is 5.56 Å². The number of carbonyl (C=O) groups excluding carboxylic acids is 3. The number of nitrogens with one attached hydrogen (secondary N) is 1. The van der Waals surface area contributed by atoms with E-state index in [1.807, 2.05) is 0 Å². The number of benzene rings is 2. The number of carbonyl (C=O) groups is 3. The maximum absolute atomic E-state index is 13.5. The number of nitrogens with zero attached hydrogens (tertiary/aromatic N) is 4. The first-order valence-electron chi connectivity index (χ1n) is 9.20. The second-order valence-corrected chi connectivity index (χ2v) is 6.56. The number of ketones is 1. The summed E-state index contributed by atoms with van der Waals surface area (Å²) in [6.07, 6.45) is 0. The highest BCUT2D eigenvalue weighted by molar-refractivity contribution is 6.14. The lowest BCUT2D eigenvalue weighted by atomic mass is 9.89. The monoisotopic (exact) mass is 419 g/mol. The standard InChI is InChI=1S/C21H17N5O5/c1-30-19(28)14-10-8-12(9-11-14)17-15(18(27)13-6-4-3-5-7-13)16(20(29)31-2)22-21-23-24-25-26(17)21/h3-11,17H,1-2H3,(H,22,23,25)/t17-/m1/s1. The summed E-state index contributed by atoms with van der Waals surface area (Å²) in [5, 5.41) is 14.4. The van der Waals surface area contributed by atoms with Crippen molar-refractivity contribution in [1.29, 1.82) is 0 Å². The maximum Gasteiger partial charge on any atom is 0.355 e. The fraction of sp³-hybridized carbons (Fsp3) is 0.143. The van der Waals surface area contributed by atoms with Gasteiger partial charge in [-0.2, -0.15) is 4.68 Å². The minimum Gasteiger partial charge on any atom is -0.465 e. The molecule has 3 aromatic rings. The van der Waals surface area contributed by atoms with E-state index < -0.39 is 23.8 Å². The zero-order valence-electron chi connectivity index (χ0n) is 16.6. The van der Waals surface area contributed by atoms with Gasteiger partial charge in [0.25, 0.3) is 0 Å². The molecular weight excluding hydrogens is 402 g/mol. The van der Waals surface area contributed by atoms with Gasteiger partial charge in [0.1, 0.15) is 11.7 Å². The molecule has 0 amide bonds. The quantitative estimate of drug-likeness (QED) is 0.486. The molecule has 0 radical (unpaired) electrons. The molecule has 0 unspecified atom stereocenters. The molecule has 0 bridgehead atoms. The Hall–Kier alpha value is -4.34. The number of hydrogen-bond acceptors (Lipinski definition) is 9. The molecule has 2 aromatic carbocycles. The summed E-state index contributed by atoms with van der Waals surface area (Å²) in [5.74, 6) is -1.44. The SMILES string of the molecule is COC(=O)C1=C(C(=O)c2ccccc2)[C@@H](c2ccc(C(=O)OC)cc2)n2nnnc2N1. The first kappa shape index (κ1) is 20.0. The van der Waals surface area contributed by atoms with Crippen LogP contribution in [0.4, 0.5) is 5.95 Å². The lowest BCUT2D eigenvalue weighted by Crippen LogP contribution is -2.33. The molecule has 1 aliphatic rings. The molecule has 10 heteroatoms. The van der Waals surface area contributed by atoms with Crippen LogP contribution in [-0.4, -0.2) is 52.1 Å². The van der Waals surface area contributed by atoms with Gasteiger partial charge in [-0.3, -0.25) is 4.79 Å². The molecule has 0 fully saturated rings. The van der Waals surface area contributed by atoms with Gasteiger partial charge in [0.05, 0.1) is 25.4 Å². The molecule has 1 atom stereocenters. The normalized spacial score (nSPS) is 15.0. The van der Waals surface area contributed by atoms with Crippen LogP contribution in [0.25, 0.3) is 0 Å². The van der Waals surface area contributed by atoms with E-state index in [2.05, 4.69) is 20.8 Å². The predicted molar refractivity (Wildman–Crippen MR) is 107 cm³/mol. The van der Waals surface area contributed by atoms with E-state index in [4.69, 9.17) is 9.47 Å². The first-order valence-corrected chi connectivity index (χ1v) is 9.20. The summed E-state index contributed by atoms with van der Waals surface area (Å²) in [4.78, 5) is 37.9. The van der Waals surface area contributed by atoms with E-state index in [0.717, 1.165) is 0 Å². The molecule has 1 N–H and O–H groups in total. The molecule has 2 heterocycles. The minimum atomic E-state index is -0.834. The number of Topliss-reactive ketones (excluding diaryl/α,β-unsaturated/α-hetero) is 1. The molecule has 156 valence electrons. The van der Waals surface area contributed by atoms with E-state index in [1.165, 1.54) is 18.9 Å². The number of tetrazole rings is 1. The number of hydrogen-bond donors (Lipinski definition) is 1. The average molecular weight is 419 g/mol. The maximum atomic E-state index is 13.5. The van der Waals surface area contributed by atoms with Gasteiger partial charge in [0.2, 0.25) is 5.95 Å². The van der Waals surface area contributed by atoms with Crippen molar-refractivity contribution < 1.29 is 23.9 Å². The van der Waals surface area contributed by atoms with Crippen LogP contribution in [0.15, 0.2) is 65.9 Å². The fourth-order valence-electron chi connectivity index (χ4n) is 3.36. The molecule has 1 aliphatic heterocycles. The Bertz CT molecular complexity index is 1180. The Balaban J connectivity index is 1.90. The van der Waals surface area contributed by atoms with Gasteiger partial charge in [-0.05, 0) is 28.1 Å². The number of rotatable bonds is 5. The number of esters is 2. The molecule has 31 heavy (non-hydrogen) atoms. The van der Waals surface area contributed by atoms with E-state index in [9.17, 15) is 14.4 Å². The van der Waals surface area contributed by atoms with Crippen molar-refractivity contribution in [3.8, 4) is 0 Å². The molecule has 0 spiro atoms. The van der Waals surface area contributed by atoms with Crippen LogP contribution >= 0.6 is 0 Å². The zero-order valence-corrected chi connectivity index (χ0v) is 16.6. The van der Waals surface area contributed by atoms with Gasteiger partial charge in [-0.25, -0.2) is 9.59 Å². The summed E-state index contributed by atoms with van der Waals surface area (Å²) in [6, 6.07) is 14.1. The van der Waals surface area contributed by atoms with Crippen LogP contribution in [0.1, 0.15) is 32.3 Å². The number of aromatic nitrogens is 4. The third kappa shape index (κ3) is 3.54. The lowest BCUT2D eigenvalue weighted by molar-refractivity contribution is -0.136. The number of fused-ring (bicyclic) bond motifs is 1. The predicted octanol–water partition coefficient (Wildman–Crippen LogP) is 1.78. The van der Waals surface area contributed by atoms with Crippen LogP contribution in [-0.2, 0) is 14.3 Å². The van der Waals surface area contributed by atoms with Gasteiger partial charge in [-0.1, -0.05) is 47.6 Å². The third-order valence-corrected chi connectivity index (χ3v) is 4.83. The summed E-state index contributed by atoms with van der Waals surface area (Å²) in [6.45, 7) is 0. The molecule has 0 saturated carbocycles. The topological polar surface area (TPSA) is 125 Å². The highest BCUT2D eigenvalue weighted by atomic mass is 16.5. The minimum absolute atomic E-state index is 0.0549. The van der Waals surface area contributed by atoms with Crippen LogP contribution < -0.4 is 5.32 Å². The molecule has 4 rings (SSSR count). The van der Waals surface area contributed by atoms with Crippen molar-refractivity contribution in [3.05, 3.63) is 82.6 Å². The summed E-state index contributed by atoms with van der Waals surface area (Å²) in [5.41, 5.74) is 1.37. The summed E-state index contributed by atoms with van der Waals surface area (Å²) >= 11 is 0. The molecular formula is C21H17N5O5. The Morgan fingerprint density at radius 3 is 2.23 bits per heavy atom. The van der Waals surface area contributed by atoms with E-state index in [0.29, 0.717) is 16.7 Å². The lowest BCUT2D eigenvalue weighted by Gasteiger charge is -2.28. The average Bonchev–Trinajstić information content (AvgIpc) is 3.30. The smallest absolute Gasteiger partial charge is 0.355 e. The number of allylic oxidation sites excluding steroid dienone is 1. The van der Waals surface area contributed by atoms with Crippen LogP contribution in [0.3, 0.4) is 0 Å². The largest absolute Gasteiger partial charge is 0.465 e. The highest BCUT2D eigenvalue weighted by Gasteiger charge is 2.38. The van der Waals surface area contributed by atoms with Gasteiger partial charge in [-0.15, -0.1) is 0 Å². The Labute approximate surface area is 176 Å².